The Morgan fingerprint density at radius 3 is 2.71 bits per heavy atom. The maximum Gasteiger partial charge on any atom is 0.255 e. The van der Waals surface area contributed by atoms with Crippen LogP contribution >= 0.6 is 11.6 Å². The second-order valence-electron chi connectivity index (χ2n) is 3.88. The van der Waals surface area contributed by atoms with Gasteiger partial charge >= 0.3 is 0 Å². The van der Waals surface area contributed by atoms with Gasteiger partial charge in [-0.05, 0) is 18.2 Å². The van der Waals surface area contributed by atoms with Gasteiger partial charge in [0, 0.05) is 30.5 Å². The second-order valence-corrected chi connectivity index (χ2v) is 4.41. The van der Waals surface area contributed by atoms with E-state index in [1.54, 1.807) is 32.3 Å². The molecule has 0 saturated carbocycles. The van der Waals surface area contributed by atoms with E-state index < -0.39 is 0 Å². The van der Waals surface area contributed by atoms with Crippen LogP contribution < -0.4 is 11.1 Å². The molecular formula is C12H16ClN3O. The van der Waals surface area contributed by atoms with Crippen LogP contribution in [0.4, 0.5) is 11.4 Å². The number of hydrogen-bond acceptors (Lipinski definition) is 3. The Bertz CT molecular complexity index is 443. The Balaban J connectivity index is 3.03. The van der Waals surface area contributed by atoms with E-state index in [1.807, 2.05) is 0 Å². The quantitative estimate of drug-likeness (QED) is 0.809. The summed E-state index contributed by atoms with van der Waals surface area (Å²) in [7, 11) is 3.39. The second kappa shape index (κ2) is 5.59. The maximum absolute atomic E-state index is 11.9. The molecule has 0 aromatic heterocycles. The van der Waals surface area contributed by atoms with Gasteiger partial charge in [0.2, 0.25) is 0 Å². The lowest BCUT2D eigenvalue weighted by atomic mass is 10.1. The first kappa shape index (κ1) is 13.4. The molecule has 0 bridgehead atoms. The lowest BCUT2D eigenvalue weighted by Crippen LogP contribution is -2.23. The molecule has 0 aliphatic rings. The summed E-state index contributed by atoms with van der Waals surface area (Å²) >= 11 is 5.68. The first-order chi connectivity index (χ1) is 7.91. The Morgan fingerprint density at radius 2 is 2.18 bits per heavy atom. The number of carbonyl (C=O) groups excluding carboxylic acids is 1. The minimum Gasteiger partial charge on any atom is -0.399 e. The number of nitrogens with zero attached hydrogens (tertiary/aromatic N) is 1. The summed E-state index contributed by atoms with van der Waals surface area (Å²) in [6, 6.07) is 5.09. The van der Waals surface area contributed by atoms with E-state index in [0.717, 1.165) is 0 Å². The number of carbonyl (C=O) groups is 1. The Hall–Kier alpha value is -1.68. The third-order valence-corrected chi connectivity index (χ3v) is 2.28. The highest BCUT2D eigenvalue weighted by Gasteiger charge is 2.13. The van der Waals surface area contributed by atoms with E-state index in [9.17, 15) is 4.79 Å². The van der Waals surface area contributed by atoms with E-state index in [4.69, 9.17) is 17.3 Å². The molecule has 0 heterocycles. The normalized spacial score (nSPS) is 9.82. The van der Waals surface area contributed by atoms with Gasteiger partial charge in [-0.25, -0.2) is 0 Å². The molecule has 17 heavy (non-hydrogen) atoms. The molecule has 0 unspecified atom stereocenters. The summed E-state index contributed by atoms with van der Waals surface area (Å²) in [5, 5.41) is 3.50. The predicted molar refractivity (Wildman–Crippen MR) is 72.4 cm³/mol. The molecule has 4 nitrogen and oxygen atoms in total. The molecule has 1 rings (SSSR count). The first-order valence-electron chi connectivity index (χ1n) is 5.10. The summed E-state index contributed by atoms with van der Waals surface area (Å²) < 4.78 is 0. The Labute approximate surface area is 106 Å². The zero-order chi connectivity index (χ0) is 13.0. The number of nitrogens with one attached hydrogen (secondary N) is 1. The van der Waals surface area contributed by atoms with Gasteiger partial charge in [-0.1, -0.05) is 18.2 Å². The van der Waals surface area contributed by atoms with Crippen LogP contribution in [0, 0.1) is 0 Å². The fraction of sp³-hybridized carbons (Fsp3) is 0.250. The number of amides is 1. The lowest BCUT2D eigenvalue weighted by Gasteiger charge is -2.15. The van der Waals surface area contributed by atoms with Crippen molar-refractivity contribution in [1.82, 2.24) is 4.90 Å². The molecule has 3 N–H and O–H groups in total. The minimum absolute atomic E-state index is 0.0901. The molecule has 5 heteroatoms. The number of nitrogens with two attached hydrogens (primary N) is 1. The average Bonchev–Trinajstić information content (AvgIpc) is 2.25. The molecule has 0 saturated heterocycles. The molecule has 0 aliphatic heterocycles. The molecule has 0 aliphatic carbocycles. The molecule has 1 aromatic rings. The minimum atomic E-state index is -0.0901. The Kier molecular flexibility index (Phi) is 4.40. The predicted octanol–water partition coefficient (Wildman–Crippen LogP) is 2.13. The van der Waals surface area contributed by atoms with Crippen LogP contribution in [0.5, 0.6) is 0 Å². The van der Waals surface area contributed by atoms with E-state index in [1.165, 1.54) is 4.90 Å². The summed E-state index contributed by atoms with van der Waals surface area (Å²) in [6.45, 7) is 3.97. The molecule has 0 radical (unpaired) electrons. The van der Waals surface area contributed by atoms with Gasteiger partial charge < -0.3 is 16.0 Å². The van der Waals surface area contributed by atoms with Gasteiger partial charge in [0.1, 0.15) is 0 Å². The molecule has 1 aromatic carbocycles. The van der Waals surface area contributed by atoms with E-state index >= 15 is 0 Å². The van der Waals surface area contributed by atoms with Crippen molar-refractivity contribution in [1.29, 1.82) is 0 Å². The van der Waals surface area contributed by atoms with Crippen LogP contribution in [-0.4, -0.2) is 31.4 Å². The van der Waals surface area contributed by atoms with Crippen molar-refractivity contribution < 1.29 is 4.79 Å². The summed E-state index contributed by atoms with van der Waals surface area (Å²) in [5.74, 6) is -0.0901. The third-order valence-electron chi connectivity index (χ3n) is 2.15. The number of nitrogen functional groups attached to an aromatic ring is 1. The van der Waals surface area contributed by atoms with Crippen LogP contribution in [0.25, 0.3) is 0 Å². The number of anilines is 2. The smallest absolute Gasteiger partial charge is 0.255 e. The molecule has 0 spiro atoms. The van der Waals surface area contributed by atoms with Crippen molar-refractivity contribution in [3.63, 3.8) is 0 Å². The van der Waals surface area contributed by atoms with Gasteiger partial charge in [-0.2, -0.15) is 0 Å². The van der Waals surface area contributed by atoms with Crippen molar-refractivity contribution in [3.05, 3.63) is 35.4 Å². The van der Waals surface area contributed by atoms with Crippen LogP contribution in [-0.2, 0) is 0 Å². The molecule has 0 fully saturated rings. The van der Waals surface area contributed by atoms with E-state index in [0.29, 0.717) is 28.5 Å². The zero-order valence-corrected chi connectivity index (χ0v) is 10.7. The summed E-state index contributed by atoms with van der Waals surface area (Å²) in [4.78, 5) is 13.4. The third kappa shape index (κ3) is 3.67. The maximum atomic E-state index is 11.9. The molecular weight excluding hydrogens is 238 g/mol. The first-order valence-corrected chi connectivity index (χ1v) is 5.48. The zero-order valence-electron chi connectivity index (χ0n) is 9.96. The monoisotopic (exact) mass is 253 g/mol. The highest BCUT2D eigenvalue weighted by atomic mass is 35.5. The topological polar surface area (TPSA) is 58.4 Å². The lowest BCUT2D eigenvalue weighted by molar-refractivity contribution is 0.0828. The summed E-state index contributed by atoms with van der Waals surface area (Å²) in [6.07, 6.45) is 0. The van der Waals surface area contributed by atoms with Crippen molar-refractivity contribution in [2.45, 2.75) is 0 Å². The van der Waals surface area contributed by atoms with Gasteiger partial charge in [0.15, 0.2) is 0 Å². The van der Waals surface area contributed by atoms with Gasteiger partial charge in [0.25, 0.3) is 5.91 Å². The number of hydrogen-bond donors (Lipinski definition) is 2. The van der Waals surface area contributed by atoms with Crippen molar-refractivity contribution in [2.24, 2.45) is 0 Å². The molecule has 92 valence electrons. The van der Waals surface area contributed by atoms with E-state index in [2.05, 4.69) is 11.9 Å². The summed E-state index contributed by atoms with van der Waals surface area (Å²) in [5.41, 5.74) is 7.49. The number of benzene rings is 1. The highest BCUT2D eigenvalue weighted by Crippen LogP contribution is 2.21. The van der Waals surface area contributed by atoms with Gasteiger partial charge in [-0.15, -0.1) is 0 Å². The van der Waals surface area contributed by atoms with Crippen molar-refractivity contribution in [3.8, 4) is 0 Å². The largest absolute Gasteiger partial charge is 0.399 e. The van der Waals surface area contributed by atoms with Gasteiger partial charge in [-0.3, -0.25) is 4.79 Å². The van der Waals surface area contributed by atoms with Crippen LogP contribution in [0.3, 0.4) is 0 Å². The van der Waals surface area contributed by atoms with Gasteiger partial charge in [0.05, 0.1) is 12.1 Å². The SMILES string of the molecule is C=C(Cl)CNc1cc(N)ccc1C(=O)N(C)C. The molecule has 1 amide bonds. The fourth-order valence-electron chi connectivity index (χ4n) is 1.33. The molecule has 0 atom stereocenters. The number of halogens is 1. The fourth-order valence-corrected chi connectivity index (χ4v) is 1.39. The van der Waals surface area contributed by atoms with Crippen LogP contribution in [0.2, 0.25) is 0 Å². The standard InChI is InChI=1S/C12H16ClN3O/c1-8(13)7-15-11-6-9(14)4-5-10(11)12(17)16(2)3/h4-6,15H,1,7,14H2,2-3H3. The highest BCUT2D eigenvalue weighted by molar-refractivity contribution is 6.29. The van der Waals surface area contributed by atoms with Crippen molar-refractivity contribution in [2.75, 3.05) is 31.7 Å². The van der Waals surface area contributed by atoms with Crippen LogP contribution in [0.15, 0.2) is 29.8 Å². The van der Waals surface area contributed by atoms with Crippen molar-refractivity contribution >= 4 is 28.9 Å². The van der Waals surface area contributed by atoms with E-state index in [-0.39, 0.29) is 5.91 Å². The average molecular weight is 254 g/mol. The Morgan fingerprint density at radius 1 is 1.53 bits per heavy atom. The van der Waals surface area contributed by atoms with Crippen LogP contribution in [0.1, 0.15) is 10.4 Å². The number of rotatable bonds is 4.